The maximum atomic E-state index is 14.4. The Balaban J connectivity index is 0.000000197. The molecule has 1 fully saturated rings. The van der Waals surface area contributed by atoms with E-state index in [4.69, 9.17) is 12.6 Å². The quantitative estimate of drug-likeness (QED) is 0.163. The number of aryl methyl sites for hydroxylation is 2. The van der Waals surface area contributed by atoms with Crippen LogP contribution in [-0.4, -0.2) is 9.97 Å². The molecule has 1 aliphatic carbocycles. The fourth-order valence-corrected chi connectivity index (χ4v) is 6.18. The van der Waals surface area contributed by atoms with Crippen LogP contribution >= 0.6 is 0 Å². The zero-order chi connectivity index (χ0) is 36.6. The van der Waals surface area contributed by atoms with E-state index in [1.54, 1.807) is 6.07 Å². The van der Waals surface area contributed by atoms with E-state index in [1.165, 1.54) is 43.5 Å². The van der Waals surface area contributed by atoms with Gasteiger partial charge >= 0.3 is 0 Å². The third-order valence-electron chi connectivity index (χ3n) is 8.28. The van der Waals surface area contributed by atoms with Crippen LogP contribution in [0.3, 0.4) is 0 Å². The number of hydrogen-bond acceptors (Lipinski definition) is 3. The maximum absolute atomic E-state index is 14.4. The Morgan fingerprint density at radius 2 is 1.74 bits per heavy atom. The largest absolute Gasteiger partial charge is 0.501 e. The van der Waals surface area contributed by atoms with Gasteiger partial charge in [0.25, 0.3) is 0 Å². The van der Waals surface area contributed by atoms with Crippen molar-refractivity contribution < 1.29 is 37.1 Å². The Morgan fingerprint density at radius 1 is 0.935 bits per heavy atom. The molecule has 239 valence electrons. The number of hydrogen-bond donors (Lipinski definition) is 0. The molecular weight excluding hydrogens is 748 g/mol. The summed E-state index contributed by atoms with van der Waals surface area (Å²) >= 11 is 0. The normalized spacial score (nSPS) is 15.9. The van der Waals surface area contributed by atoms with Crippen LogP contribution in [0.1, 0.15) is 76.9 Å². The van der Waals surface area contributed by atoms with Gasteiger partial charge in [-0.05, 0) is 60.1 Å². The first-order chi connectivity index (χ1) is 24.1. The van der Waals surface area contributed by atoms with Crippen molar-refractivity contribution in [2.45, 2.75) is 73.0 Å². The number of halogens is 1. The van der Waals surface area contributed by atoms with Crippen molar-refractivity contribution in [1.82, 2.24) is 9.97 Å². The Morgan fingerprint density at radius 3 is 2.50 bits per heavy atom. The van der Waals surface area contributed by atoms with Gasteiger partial charge in [-0.25, -0.2) is 0 Å². The van der Waals surface area contributed by atoms with Crippen LogP contribution in [0.25, 0.3) is 44.5 Å². The molecule has 3 aromatic heterocycles. The molecule has 3 heterocycles. The van der Waals surface area contributed by atoms with Crippen molar-refractivity contribution in [2.24, 2.45) is 11.3 Å². The van der Waals surface area contributed by atoms with E-state index in [0.29, 0.717) is 12.0 Å². The van der Waals surface area contributed by atoms with Gasteiger partial charge < -0.3 is 14.4 Å². The minimum absolute atomic E-state index is 0. The zero-order valence-corrected chi connectivity index (χ0v) is 28.7. The summed E-state index contributed by atoms with van der Waals surface area (Å²) in [6.07, 6.45) is 10.3. The average molecular weight is 795 g/mol. The molecule has 3 aromatic carbocycles. The third kappa shape index (κ3) is 7.82. The van der Waals surface area contributed by atoms with Gasteiger partial charge in [-0.2, -0.15) is 0 Å². The van der Waals surface area contributed by atoms with Crippen LogP contribution in [0.5, 0.6) is 0 Å². The predicted octanol–water partition coefficient (Wildman–Crippen LogP) is 11.1. The van der Waals surface area contributed by atoms with Crippen LogP contribution in [0.2, 0.25) is 0 Å². The first-order valence-corrected chi connectivity index (χ1v) is 15.6. The summed E-state index contributed by atoms with van der Waals surface area (Å²) in [5.74, 6) is 0.0793. The topological polar surface area (TPSA) is 38.9 Å². The maximum Gasteiger partial charge on any atom is 0.120 e. The van der Waals surface area contributed by atoms with Crippen molar-refractivity contribution in [2.75, 3.05) is 0 Å². The molecule has 46 heavy (non-hydrogen) atoms. The van der Waals surface area contributed by atoms with Crippen molar-refractivity contribution in [3.05, 3.63) is 119 Å². The molecule has 0 atom stereocenters. The molecule has 6 aromatic rings. The molecule has 5 heteroatoms. The molecule has 1 aliphatic rings. The molecule has 1 radical (unpaired) electrons. The summed E-state index contributed by atoms with van der Waals surface area (Å²) in [5.41, 5.74) is 5.72. The second kappa shape index (κ2) is 14.4. The Labute approximate surface area is 294 Å². The van der Waals surface area contributed by atoms with Gasteiger partial charge in [-0.3, -0.25) is 4.39 Å². The number of benzene rings is 3. The monoisotopic (exact) mass is 795 g/mol. The van der Waals surface area contributed by atoms with E-state index in [-0.39, 0.29) is 47.9 Å². The van der Waals surface area contributed by atoms with Crippen LogP contribution < -0.4 is 0 Å². The molecular formula is C41H41FIrN2O-2. The van der Waals surface area contributed by atoms with Crippen LogP contribution in [0.15, 0.2) is 83.5 Å². The Hall–Kier alpha value is -3.66. The van der Waals surface area contributed by atoms with Gasteiger partial charge in [0.05, 0.1) is 5.58 Å². The molecule has 0 aliphatic heterocycles. The predicted molar refractivity (Wildman–Crippen MR) is 183 cm³/mol. The van der Waals surface area contributed by atoms with E-state index in [1.807, 2.05) is 51.2 Å². The van der Waals surface area contributed by atoms with Crippen LogP contribution in [0, 0.1) is 43.0 Å². The van der Waals surface area contributed by atoms with E-state index < -0.39 is 19.5 Å². The van der Waals surface area contributed by atoms with Crippen molar-refractivity contribution in [3.63, 3.8) is 0 Å². The summed E-state index contributed by atoms with van der Waals surface area (Å²) in [6.45, 7) is 1.20. The molecule has 0 spiro atoms. The van der Waals surface area contributed by atoms with Gasteiger partial charge in [0.2, 0.25) is 0 Å². The Bertz CT molecular complexity index is 2160. The number of nitrogens with zero attached hydrogens (tertiary/aromatic N) is 2. The molecule has 0 unspecified atom stereocenters. The average Bonchev–Trinajstić information content (AvgIpc) is 3.71. The van der Waals surface area contributed by atoms with E-state index in [0.717, 1.165) is 51.6 Å². The van der Waals surface area contributed by atoms with Crippen LogP contribution in [-0.2, 0) is 32.9 Å². The summed E-state index contributed by atoms with van der Waals surface area (Å²) < 4.78 is 65.7. The van der Waals surface area contributed by atoms with Crippen LogP contribution in [0.4, 0.5) is 4.39 Å². The molecule has 7 rings (SSSR count). The molecule has 0 N–H and O–H groups in total. The Kier molecular flexibility index (Phi) is 8.27. The fourth-order valence-electron chi connectivity index (χ4n) is 6.18. The molecule has 3 nitrogen and oxygen atoms in total. The van der Waals surface area contributed by atoms with Gasteiger partial charge in [-0.1, -0.05) is 111 Å². The first kappa shape index (κ1) is 26.4. The van der Waals surface area contributed by atoms with Crippen molar-refractivity contribution >= 4 is 21.9 Å². The van der Waals surface area contributed by atoms with E-state index in [9.17, 15) is 4.39 Å². The van der Waals surface area contributed by atoms with Crippen molar-refractivity contribution in [1.29, 1.82) is 0 Å². The summed E-state index contributed by atoms with van der Waals surface area (Å²) in [5, 5.41) is 2.28. The second-order valence-electron chi connectivity index (χ2n) is 13.2. The summed E-state index contributed by atoms with van der Waals surface area (Å²) in [4.78, 5) is 8.70. The number of rotatable bonds is 5. The number of aromatic nitrogens is 2. The van der Waals surface area contributed by atoms with E-state index >= 15 is 0 Å². The third-order valence-corrected chi connectivity index (χ3v) is 8.28. The van der Waals surface area contributed by atoms with E-state index in [2.05, 4.69) is 46.4 Å². The number of para-hydroxylation sites is 1. The minimum Gasteiger partial charge on any atom is -0.501 e. The molecule has 0 bridgehead atoms. The smallest absolute Gasteiger partial charge is 0.120 e. The first-order valence-electron chi connectivity index (χ1n) is 18.6. The number of furan rings is 1. The van der Waals surface area contributed by atoms with Gasteiger partial charge in [0.1, 0.15) is 5.58 Å². The SMILES string of the molecule is [2H]C([2H])([2H])c1c[c-]c(-c2cc(CC(C)(C)C)c(C([2H])([2H])[2H])cn2)c(F)c1.[Ir].[c-]1ccc2c(oc3ccccc32)c1-c1cc(CC2CCCC2)ccn1. The summed E-state index contributed by atoms with van der Waals surface area (Å²) in [7, 11) is 0. The van der Waals surface area contributed by atoms with Gasteiger partial charge in [-0.15, -0.1) is 42.0 Å². The van der Waals surface area contributed by atoms with Crippen molar-refractivity contribution in [3.8, 4) is 22.5 Å². The standard InChI is InChI=1S/C23H20NO.C18H21FN.Ir/c1-2-7-16(6-1)14-17-12-13-24-21(15-17)20-10-5-9-19-18-8-3-4-11-22(18)25-23(19)20;1-12-6-7-15(16(19)8-12)17-9-14(10-18(3,4)5)13(2)11-20-17;/h3-5,8-9,11-13,15-16H,1-2,6-7,14H2;6,8-9,11H,10H2,1-5H3;/q2*-1;/i;1D3,2D3;. The molecule has 0 saturated heterocycles. The molecule has 0 amide bonds. The minimum atomic E-state index is -2.42. The molecule has 1 saturated carbocycles. The van der Waals surface area contributed by atoms with Gasteiger partial charge in [0.15, 0.2) is 0 Å². The summed E-state index contributed by atoms with van der Waals surface area (Å²) in [6, 6.07) is 26.3. The second-order valence-corrected chi connectivity index (χ2v) is 13.2. The van der Waals surface area contributed by atoms with Gasteiger partial charge in [0, 0.05) is 51.9 Å². The number of fused-ring (bicyclic) bond motifs is 3. The zero-order valence-electron chi connectivity index (χ0n) is 32.3. The number of pyridine rings is 2. The fraction of sp³-hybridized carbons (Fsp3) is 0.317.